The number of carbonyl (C=O) groups excluding carboxylic acids is 2. The molecule has 6 aromatic rings. The second-order valence-corrected chi connectivity index (χ2v) is 16.9. The van der Waals surface area contributed by atoms with Crippen molar-refractivity contribution in [3.63, 3.8) is 0 Å². The number of imidazole rings is 1. The second kappa shape index (κ2) is 16.4. The second-order valence-electron chi connectivity index (χ2n) is 16.9. The molecule has 0 spiro atoms. The summed E-state index contributed by atoms with van der Waals surface area (Å²) in [5.41, 5.74) is 2.33. The molecule has 0 bridgehead atoms. The number of pyridine rings is 2. The van der Waals surface area contributed by atoms with Crippen LogP contribution in [-0.4, -0.2) is 83.1 Å². The quantitative estimate of drug-likeness (QED) is 0.176. The van der Waals surface area contributed by atoms with Crippen LogP contribution in [0.3, 0.4) is 0 Å². The number of halogens is 2. The highest BCUT2D eigenvalue weighted by Gasteiger charge is 2.30. The molecule has 5 heterocycles. The molecule has 2 aliphatic rings. The zero-order valence-electron chi connectivity index (χ0n) is 34.1. The van der Waals surface area contributed by atoms with Crippen molar-refractivity contribution >= 4 is 28.7 Å². The van der Waals surface area contributed by atoms with Crippen molar-refractivity contribution in [1.82, 2.24) is 38.6 Å². The first-order valence-electron chi connectivity index (χ1n) is 20.4. The summed E-state index contributed by atoms with van der Waals surface area (Å²) in [7, 11) is 1.81. The van der Waals surface area contributed by atoms with Crippen LogP contribution >= 0.6 is 0 Å². The Morgan fingerprint density at radius 1 is 0.883 bits per heavy atom. The molecule has 0 atom stereocenters. The summed E-state index contributed by atoms with van der Waals surface area (Å²) in [4.78, 5) is 66.6. The molecular formula is C45H48F2N8O5. The van der Waals surface area contributed by atoms with E-state index in [9.17, 15) is 28.0 Å². The molecule has 2 fully saturated rings. The van der Waals surface area contributed by atoms with Gasteiger partial charge in [0, 0.05) is 57.2 Å². The van der Waals surface area contributed by atoms with Crippen LogP contribution < -0.4 is 16.6 Å². The van der Waals surface area contributed by atoms with Gasteiger partial charge in [0.25, 0.3) is 11.5 Å². The third-order valence-electron chi connectivity index (χ3n) is 11.5. The minimum Gasteiger partial charge on any atom is -0.444 e. The van der Waals surface area contributed by atoms with Crippen molar-refractivity contribution in [1.29, 1.82) is 0 Å². The summed E-state index contributed by atoms with van der Waals surface area (Å²) in [6.45, 7) is 8.09. The monoisotopic (exact) mass is 818 g/mol. The van der Waals surface area contributed by atoms with E-state index in [1.54, 1.807) is 11.0 Å². The fourth-order valence-corrected chi connectivity index (χ4v) is 8.38. The number of hydrogen-bond acceptors (Lipinski definition) is 8. The van der Waals surface area contributed by atoms with E-state index in [-0.39, 0.29) is 34.9 Å². The molecule has 1 aliphatic carbocycles. The summed E-state index contributed by atoms with van der Waals surface area (Å²) in [5.74, 6) is -1.54. The number of piperidine rings is 1. The molecule has 1 saturated carbocycles. The summed E-state index contributed by atoms with van der Waals surface area (Å²) in [6.07, 6.45) is 6.94. The van der Waals surface area contributed by atoms with Crippen LogP contribution in [0.1, 0.15) is 81.4 Å². The lowest BCUT2D eigenvalue weighted by Gasteiger charge is -2.37. The number of fused-ring (bicyclic) bond motifs is 2. The van der Waals surface area contributed by atoms with Gasteiger partial charge in [0.05, 0.1) is 17.3 Å². The zero-order valence-corrected chi connectivity index (χ0v) is 34.1. The number of benzene rings is 2. The summed E-state index contributed by atoms with van der Waals surface area (Å²) < 4.78 is 37.9. The molecule has 60 heavy (non-hydrogen) atoms. The van der Waals surface area contributed by atoms with Gasteiger partial charge in [0.15, 0.2) is 5.65 Å². The minimum absolute atomic E-state index is 0.0106. The van der Waals surface area contributed by atoms with Crippen molar-refractivity contribution in [3.05, 3.63) is 129 Å². The summed E-state index contributed by atoms with van der Waals surface area (Å²) in [5, 5.41) is 2.98. The Morgan fingerprint density at radius 3 is 2.33 bits per heavy atom. The molecule has 15 heteroatoms. The fraction of sp³-hybridized carbons (Fsp3) is 0.378. The number of amides is 2. The smallest absolute Gasteiger partial charge is 0.410 e. The average molecular weight is 819 g/mol. The van der Waals surface area contributed by atoms with E-state index in [1.807, 2.05) is 58.2 Å². The van der Waals surface area contributed by atoms with Crippen LogP contribution in [0.15, 0.2) is 94.9 Å². The van der Waals surface area contributed by atoms with Gasteiger partial charge in [-0.3, -0.25) is 19.1 Å². The number of carbonyl (C=O) groups is 2. The van der Waals surface area contributed by atoms with E-state index in [4.69, 9.17) is 4.74 Å². The highest BCUT2D eigenvalue weighted by atomic mass is 19.1. The average Bonchev–Trinajstić information content (AvgIpc) is 3.65. The Kier molecular flexibility index (Phi) is 11.1. The number of rotatable bonds is 8. The van der Waals surface area contributed by atoms with Gasteiger partial charge >= 0.3 is 11.8 Å². The lowest BCUT2D eigenvalue weighted by molar-refractivity contribution is 0.0149. The van der Waals surface area contributed by atoms with E-state index < -0.39 is 40.4 Å². The lowest BCUT2D eigenvalue weighted by Crippen LogP contribution is -2.46. The third kappa shape index (κ3) is 8.58. The van der Waals surface area contributed by atoms with Crippen LogP contribution in [0.2, 0.25) is 0 Å². The van der Waals surface area contributed by atoms with Gasteiger partial charge < -0.3 is 19.4 Å². The molecule has 13 nitrogen and oxygen atoms in total. The topological polar surface area (TPSA) is 136 Å². The van der Waals surface area contributed by atoms with Gasteiger partial charge in [0.1, 0.15) is 28.6 Å². The molecule has 1 saturated heterocycles. The van der Waals surface area contributed by atoms with E-state index in [1.165, 1.54) is 38.1 Å². The van der Waals surface area contributed by atoms with Gasteiger partial charge in [-0.2, -0.15) is 0 Å². The van der Waals surface area contributed by atoms with Gasteiger partial charge in [-0.1, -0.05) is 36.4 Å². The van der Waals surface area contributed by atoms with Gasteiger partial charge in [-0.25, -0.2) is 32.9 Å². The Morgan fingerprint density at radius 2 is 1.62 bits per heavy atom. The highest BCUT2D eigenvalue weighted by molar-refractivity contribution is 5.93. The van der Waals surface area contributed by atoms with Crippen LogP contribution in [0.5, 0.6) is 0 Å². The van der Waals surface area contributed by atoms with E-state index >= 15 is 0 Å². The Balaban J connectivity index is 0.970. The molecular weight excluding hydrogens is 771 g/mol. The Labute approximate surface area is 345 Å². The molecule has 4 aromatic heterocycles. The van der Waals surface area contributed by atoms with Gasteiger partial charge in [-0.05, 0) is 106 Å². The number of ether oxygens (including phenoxy) is 1. The zero-order chi connectivity index (χ0) is 42.3. The first-order valence-corrected chi connectivity index (χ1v) is 20.4. The Bertz CT molecular complexity index is 2690. The molecule has 312 valence electrons. The standard InChI is InChI=1S/C45H48F2N8O5/c1-45(2,3)60-44(59)51(4)34-18-20-52(21-19-34)25-28-8-10-29(11-9-28)30-6-5-7-36(22-30)54-40-37(23-32(47)24-48-40)42(57)55(43(54)58)35-15-13-33(14-16-35)49-41(56)38-27-53-26-31(46)12-17-39(53)50-38/h5-12,17,22-24,26-27,33-35H,13-16,18-21,25H2,1-4H3,(H,49,56). The molecule has 8 rings (SSSR count). The van der Waals surface area contributed by atoms with Crippen LogP contribution in [0.4, 0.5) is 13.6 Å². The SMILES string of the molecule is CN(C(=O)OC(C)(C)C)C1CCN(Cc2ccc(-c3cccc(-n4c(=O)n(C5CCC(NC(=O)c6cn7cc(F)ccc7n6)CC5)c(=O)c5cc(F)cnc54)c3)cc2)CC1. The molecule has 2 aromatic carbocycles. The van der Waals surface area contributed by atoms with E-state index in [2.05, 4.69) is 32.3 Å². The highest BCUT2D eigenvalue weighted by Crippen LogP contribution is 2.29. The minimum atomic E-state index is -0.691. The van der Waals surface area contributed by atoms with Crippen molar-refractivity contribution in [2.24, 2.45) is 0 Å². The van der Waals surface area contributed by atoms with Crippen LogP contribution in [0, 0.1) is 11.6 Å². The maximum Gasteiger partial charge on any atom is 0.410 e. The number of nitrogens with zero attached hydrogens (tertiary/aromatic N) is 7. The first-order chi connectivity index (χ1) is 28.7. The van der Waals surface area contributed by atoms with Crippen molar-refractivity contribution in [2.45, 2.75) is 89.6 Å². The van der Waals surface area contributed by atoms with E-state index in [0.717, 1.165) is 61.4 Å². The third-order valence-corrected chi connectivity index (χ3v) is 11.5. The van der Waals surface area contributed by atoms with Gasteiger partial charge in [-0.15, -0.1) is 0 Å². The molecule has 2 amide bonds. The van der Waals surface area contributed by atoms with Crippen LogP contribution in [0.25, 0.3) is 33.5 Å². The number of likely N-dealkylation sites (tertiary alicyclic amines) is 1. The molecule has 0 unspecified atom stereocenters. The Hall–Kier alpha value is -6.22. The summed E-state index contributed by atoms with van der Waals surface area (Å²) >= 11 is 0. The summed E-state index contributed by atoms with van der Waals surface area (Å²) in [6, 6.07) is 18.9. The first kappa shape index (κ1) is 40.6. The van der Waals surface area contributed by atoms with Crippen LogP contribution in [-0.2, 0) is 11.3 Å². The largest absolute Gasteiger partial charge is 0.444 e. The molecule has 1 aliphatic heterocycles. The lowest BCUT2D eigenvalue weighted by atomic mass is 9.90. The normalized spacial score (nSPS) is 17.8. The fourth-order valence-electron chi connectivity index (χ4n) is 8.38. The predicted molar refractivity (Wildman–Crippen MR) is 223 cm³/mol. The van der Waals surface area contributed by atoms with Crippen molar-refractivity contribution in [2.75, 3.05) is 20.1 Å². The van der Waals surface area contributed by atoms with Crippen molar-refractivity contribution in [3.8, 4) is 16.8 Å². The van der Waals surface area contributed by atoms with E-state index in [0.29, 0.717) is 37.0 Å². The maximum absolute atomic E-state index is 14.6. The predicted octanol–water partition coefficient (Wildman–Crippen LogP) is 6.89. The molecule has 0 radical (unpaired) electrons. The van der Waals surface area contributed by atoms with Crippen molar-refractivity contribution < 1.29 is 23.1 Å². The maximum atomic E-state index is 14.6. The number of hydrogen-bond donors (Lipinski definition) is 1. The molecule has 1 N–H and O–H groups in total. The number of aromatic nitrogens is 5. The number of nitrogens with one attached hydrogen (secondary N) is 1. The van der Waals surface area contributed by atoms with Gasteiger partial charge in [0.2, 0.25) is 0 Å².